The van der Waals surface area contributed by atoms with E-state index in [1.807, 2.05) is 0 Å². The molecule has 4 aliphatic rings. The summed E-state index contributed by atoms with van der Waals surface area (Å²) in [5.41, 5.74) is 0.442. The quantitative estimate of drug-likeness (QED) is 0.790. The molecule has 4 aliphatic heterocycles. The second-order valence-electron chi connectivity index (χ2n) is 7.11. The van der Waals surface area contributed by atoms with Crippen molar-refractivity contribution in [3.8, 4) is 0 Å². The molecule has 0 amide bonds. The van der Waals surface area contributed by atoms with Gasteiger partial charge in [0.05, 0.1) is 11.8 Å². The second-order valence-corrected chi connectivity index (χ2v) is 7.11. The van der Waals surface area contributed by atoms with Crippen molar-refractivity contribution < 1.29 is 5.11 Å². The van der Waals surface area contributed by atoms with Gasteiger partial charge in [-0.05, 0) is 12.8 Å². The van der Waals surface area contributed by atoms with Gasteiger partial charge in [-0.3, -0.25) is 9.80 Å². The number of hydrogen-bond donors (Lipinski definition) is 1. The van der Waals surface area contributed by atoms with Crippen molar-refractivity contribution in [3.63, 3.8) is 0 Å². The SMILES string of the molecule is CCC1(CC)N2CC3(C)CN1CC(C)(C2)C3O. The fourth-order valence-electron chi connectivity index (χ4n) is 5.08. The lowest BCUT2D eigenvalue weighted by Crippen LogP contribution is -2.83. The number of aliphatic hydroxyl groups is 1. The van der Waals surface area contributed by atoms with Gasteiger partial charge in [0.2, 0.25) is 0 Å². The smallest absolute Gasteiger partial charge is 0.0733 e. The van der Waals surface area contributed by atoms with Gasteiger partial charge in [0.1, 0.15) is 0 Å². The van der Waals surface area contributed by atoms with Crippen molar-refractivity contribution in [2.45, 2.75) is 52.3 Å². The Morgan fingerprint density at radius 1 is 0.941 bits per heavy atom. The highest BCUT2D eigenvalue weighted by Crippen LogP contribution is 2.55. The van der Waals surface area contributed by atoms with Crippen LogP contribution in [0.5, 0.6) is 0 Å². The van der Waals surface area contributed by atoms with Gasteiger partial charge in [-0.2, -0.15) is 0 Å². The van der Waals surface area contributed by atoms with Gasteiger partial charge in [-0.15, -0.1) is 0 Å². The molecule has 0 radical (unpaired) electrons. The van der Waals surface area contributed by atoms with Crippen LogP contribution < -0.4 is 0 Å². The predicted molar refractivity (Wildman–Crippen MR) is 68.7 cm³/mol. The molecule has 0 aromatic rings. The Labute approximate surface area is 105 Å². The minimum atomic E-state index is -0.130. The van der Waals surface area contributed by atoms with Crippen LogP contribution in [0.15, 0.2) is 0 Å². The average Bonchev–Trinajstić information content (AvgIpc) is 2.25. The summed E-state index contributed by atoms with van der Waals surface area (Å²) in [5.74, 6) is 0. The Balaban J connectivity index is 2.03. The molecule has 4 fully saturated rings. The molecule has 1 N–H and O–H groups in total. The molecule has 0 aliphatic carbocycles. The number of nitrogens with zero attached hydrogens (tertiary/aromatic N) is 2. The molecule has 0 saturated carbocycles. The molecular weight excluding hydrogens is 212 g/mol. The van der Waals surface area contributed by atoms with Crippen LogP contribution in [0, 0.1) is 10.8 Å². The van der Waals surface area contributed by atoms with Gasteiger partial charge in [0.15, 0.2) is 0 Å². The van der Waals surface area contributed by atoms with Gasteiger partial charge in [0.25, 0.3) is 0 Å². The molecule has 3 heteroatoms. The number of aliphatic hydroxyl groups excluding tert-OH is 1. The molecule has 4 bridgehead atoms. The third kappa shape index (κ3) is 1.23. The molecule has 4 rings (SSSR count). The lowest BCUT2D eigenvalue weighted by molar-refractivity contribution is -0.289. The van der Waals surface area contributed by atoms with E-state index in [0.29, 0.717) is 0 Å². The normalized spacial score (nSPS) is 55.2. The van der Waals surface area contributed by atoms with Crippen LogP contribution in [0.4, 0.5) is 0 Å². The van der Waals surface area contributed by atoms with E-state index in [4.69, 9.17) is 0 Å². The van der Waals surface area contributed by atoms with Crippen molar-refractivity contribution in [2.75, 3.05) is 26.2 Å². The first-order valence-electron chi connectivity index (χ1n) is 7.08. The van der Waals surface area contributed by atoms with Gasteiger partial charge in [-0.1, -0.05) is 27.7 Å². The topological polar surface area (TPSA) is 26.7 Å². The Kier molecular flexibility index (Phi) is 2.28. The molecule has 0 aromatic heterocycles. The Hall–Kier alpha value is -0.120. The van der Waals surface area contributed by atoms with Gasteiger partial charge < -0.3 is 5.11 Å². The lowest BCUT2D eigenvalue weighted by atomic mass is 9.59. The molecule has 17 heavy (non-hydrogen) atoms. The van der Waals surface area contributed by atoms with E-state index in [0.717, 1.165) is 26.2 Å². The molecule has 4 heterocycles. The highest BCUT2D eigenvalue weighted by atomic mass is 16.3. The third-order valence-electron chi connectivity index (χ3n) is 5.84. The largest absolute Gasteiger partial charge is 0.392 e. The molecular formula is C14H26N2O. The summed E-state index contributed by atoms with van der Waals surface area (Å²) in [5, 5.41) is 10.6. The molecule has 0 atom stereocenters. The monoisotopic (exact) mass is 238 g/mol. The maximum Gasteiger partial charge on any atom is 0.0733 e. The van der Waals surface area contributed by atoms with Crippen molar-refractivity contribution >= 4 is 0 Å². The maximum atomic E-state index is 10.6. The van der Waals surface area contributed by atoms with Gasteiger partial charge in [0, 0.05) is 37.0 Å². The molecule has 4 saturated heterocycles. The summed E-state index contributed by atoms with van der Waals surface area (Å²) in [7, 11) is 0. The van der Waals surface area contributed by atoms with Crippen LogP contribution in [0.25, 0.3) is 0 Å². The summed E-state index contributed by atoms with van der Waals surface area (Å²) in [6.07, 6.45) is 2.27. The zero-order chi connectivity index (χ0) is 12.5. The Bertz CT molecular complexity index is 297. The fourth-order valence-corrected chi connectivity index (χ4v) is 5.08. The van der Waals surface area contributed by atoms with Crippen LogP contribution in [0.3, 0.4) is 0 Å². The van der Waals surface area contributed by atoms with Crippen molar-refractivity contribution in [3.05, 3.63) is 0 Å². The summed E-state index contributed by atoms with van der Waals surface area (Å²) in [6.45, 7) is 13.4. The summed E-state index contributed by atoms with van der Waals surface area (Å²) < 4.78 is 0. The summed E-state index contributed by atoms with van der Waals surface area (Å²) in [6, 6.07) is 0. The molecule has 0 unspecified atom stereocenters. The van der Waals surface area contributed by atoms with Crippen LogP contribution in [0.2, 0.25) is 0 Å². The van der Waals surface area contributed by atoms with Gasteiger partial charge >= 0.3 is 0 Å². The number of rotatable bonds is 2. The Morgan fingerprint density at radius 3 is 1.59 bits per heavy atom. The van der Waals surface area contributed by atoms with E-state index in [1.54, 1.807) is 0 Å². The fraction of sp³-hybridized carbons (Fsp3) is 1.00. The molecule has 0 spiro atoms. The molecule has 98 valence electrons. The first kappa shape index (κ1) is 11.9. The predicted octanol–water partition coefficient (Wildman–Crippen LogP) is 1.52. The minimum absolute atomic E-state index is 0.0824. The first-order chi connectivity index (χ1) is 7.90. The van der Waals surface area contributed by atoms with E-state index in [1.165, 1.54) is 12.8 Å². The number of hydrogen-bond acceptors (Lipinski definition) is 3. The van der Waals surface area contributed by atoms with Crippen LogP contribution >= 0.6 is 0 Å². The molecule has 0 aromatic carbocycles. The highest BCUT2D eigenvalue weighted by molar-refractivity contribution is 5.16. The average molecular weight is 238 g/mol. The summed E-state index contributed by atoms with van der Waals surface area (Å²) in [4.78, 5) is 5.32. The van der Waals surface area contributed by atoms with Crippen LogP contribution in [-0.2, 0) is 0 Å². The maximum absolute atomic E-state index is 10.6. The van der Waals surface area contributed by atoms with Crippen molar-refractivity contribution in [1.82, 2.24) is 9.80 Å². The highest BCUT2D eigenvalue weighted by Gasteiger charge is 2.65. The van der Waals surface area contributed by atoms with Crippen LogP contribution in [0.1, 0.15) is 40.5 Å². The second kappa shape index (κ2) is 3.25. The molecule has 3 nitrogen and oxygen atoms in total. The van der Waals surface area contributed by atoms with E-state index < -0.39 is 0 Å². The van der Waals surface area contributed by atoms with Crippen LogP contribution in [-0.4, -0.2) is 52.9 Å². The standard InChI is InChI=1S/C14H26N2O/c1-5-14(6-2)15-7-12(3)8-16(14)10-13(4,9-15)11(12)17/h11,17H,5-10H2,1-4H3. The van der Waals surface area contributed by atoms with E-state index >= 15 is 0 Å². The first-order valence-corrected chi connectivity index (χ1v) is 7.08. The van der Waals surface area contributed by atoms with Crippen molar-refractivity contribution in [1.29, 1.82) is 0 Å². The van der Waals surface area contributed by atoms with Crippen molar-refractivity contribution in [2.24, 2.45) is 10.8 Å². The Morgan fingerprint density at radius 2 is 1.29 bits per heavy atom. The lowest BCUT2D eigenvalue weighted by Gasteiger charge is -2.72. The zero-order valence-electron chi connectivity index (χ0n) is 11.7. The van der Waals surface area contributed by atoms with E-state index in [-0.39, 0.29) is 22.6 Å². The minimum Gasteiger partial charge on any atom is -0.392 e. The third-order valence-corrected chi connectivity index (χ3v) is 5.84. The zero-order valence-corrected chi connectivity index (χ0v) is 11.7. The summed E-state index contributed by atoms with van der Waals surface area (Å²) >= 11 is 0. The van der Waals surface area contributed by atoms with Gasteiger partial charge in [-0.25, -0.2) is 0 Å². The van der Waals surface area contributed by atoms with E-state index in [2.05, 4.69) is 37.5 Å². The number of piperidine rings is 2. The van der Waals surface area contributed by atoms with E-state index in [9.17, 15) is 5.11 Å².